The van der Waals surface area contributed by atoms with Gasteiger partial charge in [-0.3, -0.25) is 4.79 Å². The lowest BCUT2D eigenvalue weighted by Gasteiger charge is -2.34. The number of hydrogen-bond acceptors (Lipinski definition) is 5. The molecule has 19 heavy (non-hydrogen) atoms. The number of ether oxygens (including phenoxy) is 1. The van der Waals surface area contributed by atoms with Crippen LogP contribution in [0.4, 0.5) is 0 Å². The smallest absolute Gasteiger partial charge is 0.236 e. The summed E-state index contributed by atoms with van der Waals surface area (Å²) in [5, 5.41) is 2.80. The highest BCUT2D eigenvalue weighted by molar-refractivity contribution is 7.89. The normalized spacial score (nSPS) is 17.7. The molecule has 7 nitrogen and oxygen atoms in total. The van der Waals surface area contributed by atoms with Gasteiger partial charge in [0.25, 0.3) is 0 Å². The lowest BCUT2D eigenvalue weighted by molar-refractivity contribution is -0.131. The molecule has 0 aromatic carbocycles. The van der Waals surface area contributed by atoms with Gasteiger partial charge >= 0.3 is 0 Å². The zero-order valence-corrected chi connectivity index (χ0v) is 12.4. The number of sulfonamides is 1. The monoisotopic (exact) mass is 293 g/mol. The van der Waals surface area contributed by atoms with Crippen molar-refractivity contribution in [2.24, 2.45) is 0 Å². The van der Waals surface area contributed by atoms with E-state index in [-0.39, 0.29) is 11.7 Å². The molecule has 8 heteroatoms. The van der Waals surface area contributed by atoms with E-state index in [1.165, 1.54) is 4.31 Å². The summed E-state index contributed by atoms with van der Waals surface area (Å²) < 4.78 is 30.4. The van der Waals surface area contributed by atoms with E-state index in [1.54, 1.807) is 19.1 Å². The van der Waals surface area contributed by atoms with Gasteiger partial charge in [0.2, 0.25) is 15.9 Å². The van der Waals surface area contributed by atoms with Crippen LogP contribution in [0, 0.1) is 0 Å². The van der Waals surface area contributed by atoms with Crippen LogP contribution >= 0.6 is 0 Å². The first kappa shape index (κ1) is 16.4. The maximum Gasteiger partial charge on any atom is 0.236 e. The quantitative estimate of drug-likeness (QED) is 0.591. The molecule has 0 spiro atoms. The zero-order chi connectivity index (χ0) is 14.3. The van der Waals surface area contributed by atoms with Crippen molar-refractivity contribution in [3.8, 4) is 0 Å². The molecule has 0 aliphatic carbocycles. The van der Waals surface area contributed by atoms with Crippen molar-refractivity contribution in [2.75, 3.05) is 59.2 Å². The van der Waals surface area contributed by atoms with E-state index in [9.17, 15) is 13.2 Å². The Hall–Kier alpha value is -0.700. The highest BCUT2D eigenvalue weighted by Gasteiger charge is 2.27. The molecule has 0 bridgehead atoms. The van der Waals surface area contributed by atoms with E-state index in [0.29, 0.717) is 45.8 Å². The van der Waals surface area contributed by atoms with Crippen LogP contribution in [0.15, 0.2) is 0 Å². The van der Waals surface area contributed by atoms with E-state index in [0.717, 1.165) is 0 Å². The van der Waals surface area contributed by atoms with E-state index in [4.69, 9.17) is 4.74 Å². The van der Waals surface area contributed by atoms with Gasteiger partial charge in [0.05, 0.1) is 12.3 Å². The molecule has 112 valence electrons. The summed E-state index contributed by atoms with van der Waals surface area (Å²) in [5.41, 5.74) is 0. The molecule has 1 aliphatic heterocycles. The van der Waals surface area contributed by atoms with Gasteiger partial charge in [-0.05, 0) is 13.5 Å². The third-order valence-electron chi connectivity index (χ3n) is 3.06. The maximum absolute atomic E-state index is 12.0. The lowest BCUT2D eigenvalue weighted by Crippen LogP contribution is -2.52. The van der Waals surface area contributed by atoms with Crippen LogP contribution in [-0.2, 0) is 19.6 Å². The Morgan fingerprint density at radius 3 is 2.42 bits per heavy atom. The number of hydrogen-bond donors (Lipinski definition) is 1. The number of methoxy groups -OCH3 is 1. The number of carbonyl (C=O) groups is 1. The highest BCUT2D eigenvalue weighted by Crippen LogP contribution is 2.09. The molecular weight excluding hydrogens is 270 g/mol. The van der Waals surface area contributed by atoms with Crippen molar-refractivity contribution in [3.05, 3.63) is 0 Å². The molecule has 0 radical (unpaired) electrons. The highest BCUT2D eigenvalue weighted by atomic mass is 32.2. The van der Waals surface area contributed by atoms with Crippen LogP contribution < -0.4 is 5.32 Å². The Balaban J connectivity index is 2.42. The minimum atomic E-state index is -3.22. The van der Waals surface area contributed by atoms with Gasteiger partial charge in [-0.15, -0.1) is 0 Å². The fourth-order valence-corrected chi connectivity index (χ4v) is 3.45. The summed E-state index contributed by atoms with van der Waals surface area (Å²) in [6.07, 6.45) is 0.498. The average Bonchev–Trinajstić information content (AvgIpc) is 2.39. The SMILES string of the molecule is CNCC(=O)N1CCN(S(=O)(=O)CCCOC)CC1. The molecule has 0 aromatic heterocycles. The summed E-state index contributed by atoms with van der Waals surface area (Å²) in [6.45, 7) is 2.42. The van der Waals surface area contributed by atoms with Crippen molar-refractivity contribution in [3.63, 3.8) is 0 Å². The van der Waals surface area contributed by atoms with Gasteiger partial charge in [0.15, 0.2) is 0 Å². The summed E-state index contributed by atoms with van der Waals surface area (Å²) in [5.74, 6) is 0.115. The van der Waals surface area contributed by atoms with Gasteiger partial charge in [-0.2, -0.15) is 4.31 Å². The number of rotatable bonds is 7. The molecule has 0 unspecified atom stereocenters. The second-order valence-electron chi connectivity index (χ2n) is 4.47. The molecule has 1 N–H and O–H groups in total. The van der Waals surface area contributed by atoms with Crippen LogP contribution in [0.5, 0.6) is 0 Å². The van der Waals surface area contributed by atoms with Crippen LogP contribution in [0.2, 0.25) is 0 Å². The Bertz CT molecular complexity index is 377. The van der Waals surface area contributed by atoms with Crippen LogP contribution in [0.1, 0.15) is 6.42 Å². The predicted octanol–water partition coefficient (Wildman–Crippen LogP) is -1.28. The molecule has 1 heterocycles. The number of piperazine rings is 1. The Morgan fingerprint density at radius 2 is 1.89 bits per heavy atom. The minimum absolute atomic E-state index is 0.0129. The van der Waals surface area contributed by atoms with Gasteiger partial charge < -0.3 is 15.0 Å². The minimum Gasteiger partial charge on any atom is -0.385 e. The Labute approximate surface area is 114 Å². The lowest BCUT2D eigenvalue weighted by atomic mass is 10.3. The van der Waals surface area contributed by atoms with Gasteiger partial charge in [-0.25, -0.2) is 8.42 Å². The molecule has 0 saturated carbocycles. The van der Waals surface area contributed by atoms with E-state index >= 15 is 0 Å². The summed E-state index contributed by atoms with van der Waals surface area (Å²) in [7, 11) is 0.0538. The third kappa shape index (κ3) is 5.06. The number of nitrogens with zero attached hydrogens (tertiary/aromatic N) is 2. The van der Waals surface area contributed by atoms with Gasteiger partial charge in [0, 0.05) is 39.9 Å². The first-order chi connectivity index (χ1) is 9.01. The Morgan fingerprint density at radius 1 is 1.26 bits per heavy atom. The number of likely N-dealkylation sites (N-methyl/N-ethyl adjacent to an activating group) is 1. The topological polar surface area (TPSA) is 79.0 Å². The fraction of sp³-hybridized carbons (Fsp3) is 0.909. The van der Waals surface area contributed by atoms with Gasteiger partial charge in [-0.1, -0.05) is 0 Å². The first-order valence-corrected chi connectivity index (χ1v) is 8.01. The summed E-state index contributed by atoms with van der Waals surface area (Å²) >= 11 is 0. The van der Waals surface area contributed by atoms with E-state index in [2.05, 4.69) is 5.32 Å². The fourth-order valence-electron chi connectivity index (χ4n) is 1.99. The van der Waals surface area contributed by atoms with Crippen LogP contribution in [-0.4, -0.2) is 82.8 Å². The first-order valence-electron chi connectivity index (χ1n) is 6.40. The molecule has 1 fully saturated rings. The van der Waals surface area contributed by atoms with Crippen molar-refractivity contribution in [1.82, 2.24) is 14.5 Å². The standard InChI is InChI=1S/C11H23N3O4S/c1-12-10-11(15)13-4-6-14(7-5-13)19(16,17)9-3-8-18-2/h12H,3-10H2,1-2H3. The molecule has 0 atom stereocenters. The summed E-state index contributed by atoms with van der Waals surface area (Å²) in [6, 6.07) is 0. The van der Waals surface area contributed by atoms with Crippen LogP contribution in [0.3, 0.4) is 0 Å². The van der Waals surface area contributed by atoms with Crippen molar-refractivity contribution in [2.45, 2.75) is 6.42 Å². The second kappa shape index (κ2) is 7.78. The van der Waals surface area contributed by atoms with Crippen molar-refractivity contribution in [1.29, 1.82) is 0 Å². The molecule has 1 rings (SSSR count). The maximum atomic E-state index is 12.0. The predicted molar refractivity (Wildman–Crippen MR) is 72.4 cm³/mol. The molecular formula is C11H23N3O4S. The van der Waals surface area contributed by atoms with Crippen molar-refractivity contribution < 1.29 is 17.9 Å². The molecule has 1 saturated heterocycles. The third-order valence-corrected chi connectivity index (χ3v) is 5.02. The molecule has 1 amide bonds. The molecule has 1 aliphatic rings. The van der Waals surface area contributed by atoms with Gasteiger partial charge in [0.1, 0.15) is 0 Å². The zero-order valence-electron chi connectivity index (χ0n) is 11.6. The number of nitrogens with one attached hydrogen (secondary N) is 1. The summed E-state index contributed by atoms with van der Waals surface area (Å²) in [4.78, 5) is 13.3. The van der Waals surface area contributed by atoms with Crippen LogP contribution in [0.25, 0.3) is 0 Å². The molecule has 0 aromatic rings. The van der Waals surface area contributed by atoms with Crippen molar-refractivity contribution >= 4 is 15.9 Å². The van der Waals surface area contributed by atoms with E-state index < -0.39 is 10.0 Å². The largest absolute Gasteiger partial charge is 0.385 e. The number of carbonyl (C=O) groups excluding carboxylic acids is 1. The van der Waals surface area contributed by atoms with E-state index in [1.807, 2.05) is 0 Å². The number of amides is 1. The average molecular weight is 293 g/mol. The Kier molecular flexibility index (Phi) is 6.70. The second-order valence-corrected chi connectivity index (χ2v) is 6.56.